The summed E-state index contributed by atoms with van der Waals surface area (Å²) >= 11 is 3.30. The first-order valence-corrected chi connectivity index (χ1v) is 5.99. The highest BCUT2D eigenvalue weighted by Gasteiger charge is 2.08. The first-order valence-electron chi connectivity index (χ1n) is 5.20. The average molecular weight is 288 g/mol. The van der Waals surface area contributed by atoms with Gasteiger partial charge < -0.3 is 5.73 Å². The molecule has 0 saturated heterocycles. The molecule has 0 fully saturated rings. The molecular weight excluding hydrogens is 273 g/mol. The molecule has 1 aromatic rings. The van der Waals surface area contributed by atoms with Crippen molar-refractivity contribution in [2.75, 3.05) is 0 Å². The second kappa shape index (κ2) is 6.11. The van der Waals surface area contributed by atoms with E-state index in [1.807, 2.05) is 6.92 Å². The monoisotopic (exact) mass is 287 g/mol. The molecule has 0 spiro atoms. The highest BCUT2D eigenvalue weighted by atomic mass is 79.9. The fourth-order valence-corrected chi connectivity index (χ4v) is 1.76. The summed E-state index contributed by atoms with van der Waals surface area (Å²) < 4.78 is 13.7. The summed E-state index contributed by atoms with van der Waals surface area (Å²) in [5.41, 5.74) is 6.26. The van der Waals surface area contributed by atoms with Gasteiger partial charge in [-0.2, -0.15) is 0 Å². The molecule has 2 nitrogen and oxygen atoms in total. The first-order chi connectivity index (χ1) is 7.49. The smallest absolute Gasteiger partial charge is 0.137 e. The SMILES string of the molecule is CC(N)CCC(=O)Cc1cc(F)ccc1Br. The largest absolute Gasteiger partial charge is 0.328 e. The minimum Gasteiger partial charge on any atom is -0.328 e. The maximum Gasteiger partial charge on any atom is 0.137 e. The maximum absolute atomic E-state index is 13.0. The van der Waals surface area contributed by atoms with E-state index in [2.05, 4.69) is 15.9 Å². The lowest BCUT2D eigenvalue weighted by Crippen LogP contribution is -2.17. The lowest BCUT2D eigenvalue weighted by Gasteiger charge is -2.06. The van der Waals surface area contributed by atoms with Gasteiger partial charge in [0.05, 0.1) is 0 Å². The van der Waals surface area contributed by atoms with E-state index in [1.54, 1.807) is 6.07 Å². The predicted molar refractivity (Wildman–Crippen MR) is 65.7 cm³/mol. The Hall–Kier alpha value is -0.740. The fraction of sp³-hybridized carbons (Fsp3) is 0.417. The predicted octanol–water partition coefficient (Wildman–Crippen LogP) is 2.83. The Morgan fingerprint density at radius 3 is 2.88 bits per heavy atom. The van der Waals surface area contributed by atoms with Crippen molar-refractivity contribution in [2.45, 2.75) is 32.2 Å². The normalized spacial score (nSPS) is 12.5. The van der Waals surface area contributed by atoms with Gasteiger partial charge in [0.2, 0.25) is 0 Å². The number of hydrogen-bond acceptors (Lipinski definition) is 2. The zero-order chi connectivity index (χ0) is 12.1. The molecule has 1 rings (SSSR count). The van der Waals surface area contributed by atoms with Crippen molar-refractivity contribution in [3.63, 3.8) is 0 Å². The van der Waals surface area contributed by atoms with Gasteiger partial charge in [0.1, 0.15) is 11.6 Å². The van der Waals surface area contributed by atoms with Gasteiger partial charge >= 0.3 is 0 Å². The van der Waals surface area contributed by atoms with E-state index >= 15 is 0 Å². The summed E-state index contributed by atoms with van der Waals surface area (Å²) in [5.74, 6) is -0.234. The van der Waals surface area contributed by atoms with Crippen molar-refractivity contribution in [1.82, 2.24) is 0 Å². The molecule has 1 aromatic carbocycles. The second-order valence-corrected chi connectivity index (χ2v) is 4.82. The molecule has 0 saturated carbocycles. The van der Waals surface area contributed by atoms with Gasteiger partial charge in [-0.1, -0.05) is 15.9 Å². The summed E-state index contributed by atoms with van der Waals surface area (Å²) in [4.78, 5) is 11.6. The van der Waals surface area contributed by atoms with Crippen molar-refractivity contribution in [2.24, 2.45) is 5.73 Å². The van der Waals surface area contributed by atoms with Gasteiger partial charge in [-0.15, -0.1) is 0 Å². The third kappa shape index (κ3) is 4.41. The highest BCUT2D eigenvalue weighted by Crippen LogP contribution is 2.19. The average Bonchev–Trinajstić information content (AvgIpc) is 2.20. The molecule has 0 heterocycles. The molecule has 1 unspecified atom stereocenters. The highest BCUT2D eigenvalue weighted by molar-refractivity contribution is 9.10. The van der Waals surface area contributed by atoms with Gasteiger partial charge in [0.15, 0.2) is 0 Å². The Bertz CT molecular complexity index is 379. The van der Waals surface area contributed by atoms with Crippen LogP contribution >= 0.6 is 15.9 Å². The Balaban J connectivity index is 2.59. The number of ketones is 1. The van der Waals surface area contributed by atoms with E-state index in [0.29, 0.717) is 18.4 Å². The lowest BCUT2D eigenvalue weighted by molar-refractivity contribution is -0.118. The number of halogens is 2. The van der Waals surface area contributed by atoms with Gasteiger partial charge in [-0.3, -0.25) is 4.79 Å². The number of nitrogens with two attached hydrogens (primary N) is 1. The summed E-state index contributed by atoms with van der Waals surface area (Å²) in [6, 6.07) is 4.39. The Kier molecular flexibility index (Phi) is 5.09. The van der Waals surface area contributed by atoms with E-state index in [1.165, 1.54) is 12.1 Å². The zero-order valence-electron chi connectivity index (χ0n) is 9.17. The number of rotatable bonds is 5. The van der Waals surface area contributed by atoms with Crippen LogP contribution in [0.15, 0.2) is 22.7 Å². The number of carbonyl (C=O) groups excluding carboxylic acids is 1. The minimum atomic E-state index is -0.321. The summed E-state index contributed by atoms with van der Waals surface area (Å²) in [6.07, 6.45) is 1.37. The Morgan fingerprint density at radius 2 is 2.25 bits per heavy atom. The summed E-state index contributed by atoms with van der Waals surface area (Å²) in [5, 5.41) is 0. The van der Waals surface area contributed by atoms with E-state index in [-0.39, 0.29) is 24.1 Å². The van der Waals surface area contributed by atoms with Gasteiger partial charge in [0.25, 0.3) is 0 Å². The number of carbonyl (C=O) groups is 1. The molecule has 1 atom stereocenters. The molecule has 88 valence electrons. The van der Waals surface area contributed by atoms with Crippen LogP contribution in [0.3, 0.4) is 0 Å². The minimum absolute atomic E-state index is 0.0277. The van der Waals surface area contributed by atoms with Crippen LogP contribution in [0.5, 0.6) is 0 Å². The molecule has 0 aliphatic rings. The van der Waals surface area contributed by atoms with E-state index < -0.39 is 0 Å². The van der Waals surface area contributed by atoms with Crippen molar-refractivity contribution in [1.29, 1.82) is 0 Å². The summed E-state index contributed by atoms with van der Waals surface area (Å²) in [7, 11) is 0. The summed E-state index contributed by atoms with van der Waals surface area (Å²) in [6.45, 7) is 1.87. The fourth-order valence-electron chi connectivity index (χ4n) is 1.37. The van der Waals surface area contributed by atoms with E-state index in [0.717, 1.165) is 4.47 Å². The molecule has 0 aliphatic heterocycles. The molecule has 2 N–H and O–H groups in total. The first kappa shape index (κ1) is 13.3. The van der Waals surface area contributed by atoms with E-state index in [9.17, 15) is 9.18 Å². The number of Topliss-reactive ketones (excluding diaryl/α,β-unsaturated/α-hetero) is 1. The molecule has 16 heavy (non-hydrogen) atoms. The second-order valence-electron chi connectivity index (χ2n) is 3.97. The van der Waals surface area contributed by atoms with Crippen LogP contribution in [-0.4, -0.2) is 11.8 Å². The molecule has 4 heteroatoms. The molecule has 0 aliphatic carbocycles. The van der Waals surface area contributed by atoms with Crippen LogP contribution in [0.25, 0.3) is 0 Å². The topological polar surface area (TPSA) is 43.1 Å². The maximum atomic E-state index is 13.0. The Morgan fingerprint density at radius 1 is 1.56 bits per heavy atom. The zero-order valence-corrected chi connectivity index (χ0v) is 10.8. The third-order valence-corrected chi connectivity index (χ3v) is 3.05. The van der Waals surface area contributed by atoms with E-state index in [4.69, 9.17) is 5.73 Å². The van der Waals surface area contributed by atoms with Crippen LogP contribution in [0.4, 0.5) is 4.39 Å². The molecule has 0 bridgehead atoms. The molecular formula is C12H15BrFNO. The number of hydrogen-bond donors (Lipinski definition) is 1. The lowest BCUT2D eigenvalue weighted by atomic mass is 10.0. The van der Waals surface area contributed by atoms with Crippen LogP contribution in [0.1, 0.15) is 25.3 Å². The standard InChI is InChI=1S/C12H15BrFNO/c1-8(15)2-4-11(16)7-9-6-10(14)3-5-12(9)13/h3,5-6,8H,2,4,7,15H2,1H3. The molecule has 0 aromatic heterocycles. The van der Waals surface area contributed by atoms with Crippen molar-refractivity contribution in [3.05, 3.63) is 34.1 Å². The quantitative estimate of drug-likeness (QED) is 0.905. The molecule has 0 amide bonds. The van der Waals surface area contributed by atoms with Gasteiger partial charge in [-0.25, -0.2) is 4.39 Å². The molecule has 0 radical (unpaired) electrons. The van der Waals surface area contributed by atoms with Crippen molar-refractivity contribution < 1.29 is 9.18 Å². The van der Waals surface area contributed by atoms with Crippen molar-refractivity contribution in [3.8, 4) is 0 Å². The van der Waals surface area contributed by atoms with Crippen LogP contribution in [0.2, 0.25) is 0 Å². The van der Waals surface area contributed by atoms with Crippen LogP contribution in [0, 0.1) is 5.82 Å². The van der Waals surface area contributed by atoms with Crippen LogP contribution < -0.4 is 5.73 Å². The van der Waals surface area contributed by atoms with Crippen LogP contribution in [-0.2, 0) is 11.2 Å². The third-order valence-electron chi connectivity index (χ3n) is 2.27. The van der Waals surface area contributed by atoms with Crippen molar-refractivity contribution >= 4 is 21.7 Å². The Labute approximate surface area is 103 Å². The number of benzene rings is 1. The van der Waals surface area contributed by atoms with Gasteiger partial charge in [0, 0.05) is 23.4 Å². The van der Waals surface area contributed by atoms with Gasteiger partial charge in [-0.05, 0) is 37.1 Å².